The highest BCUT2D eigenvalue weighted by Crippen LogP contribution is 2.17. The van der Waals surface area contributed by atoms with Crippen molar-refractivity contribution in [2.75, 3.05) is 0 Å². The molecule has 0 bridgehead atoms. The molecular weight excluding hydrogens is 388 g/mol. The van der Waals surface area contributed by atoms with Gasteiger partial charge in [0.05, 0.1) is 0 Å². The Hall–Kier alpha value is -1.06. The first-order valence-electron chi connectivity index (χ1n) is 13.5. The minimum atomic E-state index is -0.730. The maximum absolute atomic E-state index is 12.2. The summed E-state index contributed by atoms with van der Waals surface area (Å²) in [7, 11) is 0. The van der Waals surface area contributed by atoms with Gasteiger partial charge in [0.25, 0.3) is 0 Å². The van der Waals surface area contributed by atoms with Gasteiger partial charge in [0.15, 0.2) is 0 Å². The topological polar surface area (TPSA) is 63.6 Å². The number of carboxylic acids is 1. The maximum Gasteiger partial charge on any atom is 0.306 e. The summed E-state index contributed by atoms with van der Waals surface area (Å²) in [5.41, 5.74) is 0. The van der Waals surface area contributed by atoms with E-state index in [-0.39, 0.29) is 18.5 Å². The first-order chi connectivity index (χ1) is 15.1. The molecule has 0 aliphatic carbocycles. The molecule has 4 nitrogen and oxygen atoms in total. The van der Waals surface area contributed by atoms with E-state index in [0.717, 1.165) is 51.4 Å². The van der Waals surface area contributed by atoms with Crippen LogP contribution in [0.4, 0.5) is 0 Å². The van der Waals surface area contributed by atoms with Gasteiger partial charge in [0.1, 0.15) is 6.10 Å². The van der Waals surface area contributed by atoms with Crippen molar-refractivity contribution in [3.05, 3.63) is 0 Å². The lowest BCUT2D eigenvalue weighted by Gasteiger charge is -2.17. The number of carboxylic acid groups (broad SMARTS) is 1. The van der Waals surface area contributed by atoms with Crippen LogP contribution in [0.25, 0.3) is 0 Å². The van der Waals surface area contributed by atoms with Gasteiger partial charge in [0, 0.05) is 12.8 Å². The lowest BCUT2D eigenvalue weighted by molar-refractivity contribution is -0.150. The number of aliphatic carboxylic acids is 1. The molecule has 184 valence electrons. The van der Waals surface area contributed by atoms with E-state index in [9.17, 15) is 9.59 Å². The third kappa shape index (κ3) is 23.4. The summed E-state index contributed by atoms with van der Waals surface area (Å²) in [5.74, 6) is -0.776. The van der Waals surface area contributed by atoms with Crippen molar-refractivity contribution in [1.82, 2.24) is 0 Å². The van der Waals surface area contributed by atoms with Crippen molar-refractivity contribution >= 4 is 11.9 Å². The van der Waals surface area contributed by atoms with Crippen LogP contribution >= 0.6 is 0 Å². The van der Waals surface area contributed by atoms with Crippen molar-refractivity contribution in [1.29, 1.82) is 0 Å². The van der Waals surface area contributed by atoms with Crippen LogP contribution in [0.1, 0.15) is 155 Å². The van der Waals surface area contributed by atoms with Crippen LogP contribution in [0.3, 0.4) is 0 Å². The number of hydrogen-bond donors (Lipinski definition) is 1. The molecule has 0 heterocycles. The molecule has 31 heavy (non-hydrogen) atoms. The largest absolute Gasteiger partial charge is 0.481 e. The summed E-state index contributed by atoms with van der Waals surface area (Å²) in [6, 6.07) is 0. The molecule has 0 saturated heterocycles. The normalized spacial score (nSPS) is 12.1. The zero-order chi connectivity index (χ0) is 23.0. The number of carbonyl (C=O) groups excluding carboxylic acids is 1. The highest BCUT2D eigenvalue weighted by Gasteiger charge is 2.14. The predicted molar refractivity (Wildman–Crippen MR) is 130 cm³/mol. The second kappa shape index (κ2) is 23.6. The smallest absolute Gasteiger partial charge is 0.306 e. The van der Waals surface area contributed by atoms with Gasteiger partial charge in [-0.1, -0.05) is 110 Å². The van der Waals surface area contributed by atoms with Gasteiger partial charge in [-0.3, -0.25) is 9.59 Å². The molecule has 0 fully saturated rings. The molecule has 0 aromatic heterocycles. The van der Waals surface area contributed by atoms with Crippen LogP contribution in [0.2, 0.25) is 0 Å². The average Bonchev–Trinajstić information content (AvgIpc) is 2.74. The zero-order valence-electron chi connectivity index (χ0n) is 20.8. The minimum absolute atomic E-state index is 0.0132. The molecule has 0 aromatic rings. The molecule has 0 rings (SSSR count). The summed E-state index contributed by atoms with van der Waals surface area (Å²) in [5, 5.41) is 8.71. The molecule has 0 radical (unpaired) electrons. The molecular formula is C27H52O4. The standard InChI is InChI=1S/C27H52O4/c1-3-5-7-8-9-10-11-12-13-14-15-16-20-24-27(30)31-25(21-6-4-2)22-18-17-19-23-26(28)29/h25H,3-24H2,1-2H3,(H,28,29). The zero-order valence-corrected chi connectivity index (χ0v) is 20.8. The molecule has 4 heteroatoms. The Bertz CT molecular complexity index is 408. The second-order valence-electron chi connectivity index (χ2n) is 9.24. The van der Waals surface area contributed by atoms with Gasteiger partial charge in [-0.25, -0.2) is 0 Å². The van der Waals surface area contributed by atoms with Crippen molar-refractivity contribution in [3.8, 4) is 0 Å². The Morgan fingerprint density at radius 2 is 1.00 bits per heavy atom. The predicted octanol–water partition coefficient (Wildman–Crippen LogP) is 8.60. The van der Waals surface area contributed by atoms with Gasteiger partial charge >= 0.3 is 11.9 Å². The van der Waals surface area contributed by atoms with Crippen LogP contribution in [0, 0.1) is 0 Å². The Balaban J connectivity index is 3.63. The van der Waals surface area contributed by atoms with Crippen LogP contribution < -0.4 is 0 Å². The fourth-order valence-electron chi connectivity index (χ4n) is 4.05. The number of ether oxygens (including phenoxy) is 1. The third-order valence-electron chi connectivity index (χ3n) is 6.08. The highest BCUT2D eigenvalue weighted by atomic mass is 16.5. The molecule has 0 saturated carbocycles. The minimum Gasteiger partial charge on any atom is -0.481 e. The average molecular weight is 441 g/mol. The molecule has 0 aliphatic rings. The van der Waals surface area contributed by atoms with E-state index in [1.165, 1.54) is 70.6 Å². The van der Waals surface area contributed by atoms with Crippen molar-refractivity contribution in [2.45, 2.75) is 161 Å². The number of unbranched alkanes of at least 4 members (excludes halogenated alkanes) is 15. The van der Waals surface area contributed by atoms with E-state index >= 15 is 0 Å². The molecule has 0 amide bonds. The van der Waals surface area contributed by atoms with E-state index in [1.807, 2.05) is 0 Å². The molecule has 0 aliphatic heterocycles. The fourth-order valence-corrected chi connectivity index (χ4v) is 4.05. The van der Waals surface area contributed by atoms with Crippen LogP contribution in [-0.2, 0) is 14.3 Å². The van der Waals surface area contributed by atoms with Crippen LogP contribution in [0.15, 0.2) is 0 Å². The Kier molecular flexibility index (Phi) is 22.8. The Labute approximate surface area is 192 Å². The van der Waals surface area contributed by atoms with Crippen LogP contribution in [0.5, 0.6) is 0 Å². The quantitative estimate of drug-likeness (QED) is 0.120. The number of rotatable bonds is 24. The van der Waals surface area contributed by atoms with Crippen molar-refractivity contribution < 1.29 is 19.4 Å². The number of esters is 1. The lowest BCUT2D eigenvalue weighted by Crippen LogP contribution is -2.18. The van der Waals surface area contributed by atoms with Gasteiger partial charge in [0.2, 0.25) is 0 Å². The van der Waals surface area contributed by atoms with Gasteiger partial charge in [-0.05, 0) is 32.1 Å². The third-order valence-corrected chi connectivity index (χ3v) is 6.08. The van der Waals surface area contributed by atoms with Crippen molar-refractivity contribution in [2.24, 2.45) is 0 Å². The lowest BCUT2D eigenvalue weighted by atomic mass is 10.0. The van der Waals surface area contributed by atoms with Gasteiger partial charge in [-0.15, -0.1) is 0 Å². The second-order valence-corrected chi connectivity index (χ2v) is 9.24. The van der Waals surface area contributed by atoms with E-state index in [4.69, 9.17) is 9.84 Å². The van der Waals surface area contributed by atoms with E-state index in [1.54, 1.807) is 0 Å². The van der Waals surface area contributed by atoms with E-state index in [2.05, 4.69) is 13.8 Å². The number of hydrogen-bond acceptors (Lipinski definition) is 3. The maximum atomic E-state index is 12.2. The van der Waals surface area contributed by atoms with Crippen molar-refractivity contribution in [3.63, 3.8) is 0 Å². The first kappa shape index (κ1) is 29.9. The van der Waals surface area contributed by atoms with E-state index < -0.39 is 5.97 Å². The Morgan fingerprint density at radius 3 is 1.52 bits per heavy atom. The van der Waals surface area contributed by atoms with Gasteiger partial charge < -0.3 is 9.84 Å². The SMILES string of the molecule is CCCCCCCCCCCCCCCC(=O)OC(CCCC)CCCCCC(=O)O. The summed E-state index contributed by atoms with van der Waals surface area (Å²) in [6.07, 6.45) is 24.3. The number of carbonyl (C=O) groups is 2. The fraction of sp³-hybridized carbons (Fsp3) is 0.926. The summed E-state index contributed by atoms with van der Waals surface area (Å²) in [4.78, 5) is 22.8. The molecule has 0 aromatic carbocycles. The molecule has 1 N–H and O–H groups in total. The van der Waals surface area contributed by atoms with Crippen LogP contribution in [-0.4, -0.2) is 23.1 Å². The molecule has 0 spiro atoms. The van der Waals surface area contributed by atoms with E-state index in [0.29, 0.717) is 12.8 Å². The Morgan fingerprint density at radius 1 is 0.581 bits per heavy atom. The molecule has 1 unspecified atom stereocenters. The first-order valence-corrected chi connectivity index (χ1v) is 13.5. The summed E-state index contributed by atoms with van der Waals surface area (Å²) < 4.78 is 5.73. The summed E-state index contributed by atoms with van der Waals surface area (Å²) in [6.45, 7) is 4.42. The van der Waals surface area contributed by atoms with Gasteiger partial charge in [-0.2, -0.15) is 0 Å². The molecule has 1 atom stereocenters. The summed E-state index contributed by atoms with van der Waals surface area (Å²) >= 11 is 0. The highest BCUT2D eigenvalue weighted by molar-refractivity contribution is 5.69. The monoisotopic (exact) mass is 440 g/mol.